The van der Waals surface area contributed by atoms with Crippen molar-refractivity contribution in [2.45, 2.75) is 0 Å². The number of aliphatic hydroxyl groups excluding tert-OH is 1. The van der Waals surface area contributed by atoms with Gasteiger partial charge >= 0.3 is 5.97 Å². The number of carboxylic acids is 1. The Bertz CT molecular complexity index is 135. The average molecular weight is 157 g/mol. The molecule has 0 bridgehead atoms. The highest BCUT2D eigenvalue weighted by atomic mass is 35.5. The summed E-state index contributed by atoms with van der Waals surface area (Å²) >= 11 is 9.67. The molecule has 0 rings (SSSR count). The van der Waals surface area contributed by atoms with Gasteiger partial charge in [0.05, 0.1) is 0 Å². The predicted molar refractivity (Wildman–Crippen MR) is 29.0 cm³/mol. The van der Waals surface area contributed by atoms with Gasteiger partial charge in [-0.05, 0) is 0 Å². The first-order chi connectivity index (χ1) is 3.55. The van der Waals surface area contributed by atoms with E-state index in [1.54, 1.807) is 0 Å². The SMILES string of the molecule is O=C(O)C(O)=C(Cl)Cl. The summed E-state index contributed by atoms with van der Waals surface area (Å²) in [7, 11) is 0. The first-order valence-electron chi connectivity index (χ1n) is 1.53. The largest absolute Gasteiger partial charge is 0.500 e. The maximum absolute atomic E-state index is 9.66. The molecule has 0 aliphatic carbocycles. The Morgan fingerprint density at radius 3 is 1.62 bits per heavy atom. The normalized spacial score (nSPS) is 8.25. The molecule has 46 valence electrons. The van der Waals surface area contributed by atoms with Gasteiger partial charge in [-0.3, -0.25) is 0 Å². The zero-order chi connectivity index (χ0) is 6.73. The molecule has 0 saturated carbocycles. The molecule has 0 amide bonds. The van der Waals surface area contributed by atoms with Crippen LogP contribution in [0.25, 0.3) is 0 Å². The molecule has 0 saturated heterocycles. The molecule has 8 heavy (non-hydrogen) atoms. The van der Waals surface area contributed by atoms with Crippen LogP contribution in [-0.4, -0.2) is 16.2 Å². The highest BCUT2D eigenvalue weighted by Crippen LogP contribution is 2.10. The number of hydrogen-bond acceptors (Lipinski definition) is 2. The Kier molecular flexibility index (Phi) is 2.65. The van der Waals surface area contributed by atoms with E-state index in [9.17, 15) is 4.79 Å². The Morgan fingerprint density at radius 2 is 1.62 bits per heavy atom. The molecular weight excluding hydrogens is 155 g/mol. The van der Waals surface area contributed by atoms with Crippen molar-refractivity contribution in [1.29, 1.82) is 0 Å². The van der Waals surface area contributed by atoms with Crippen molar-refractivity contribution in [3.05, 3.63) is 10.3 Å². The first-order valence-corrected chi connectivity index (χ1v) is 2.29. The summed E-state index contributed by atoms with van der Waals surface area (Å²) in [5.74, 6) is -2.57. The van der Waals surface area contributed by atoms with E-state index in [1.807, 2.05) is 0 Å². The zero-order valence-electron chi connectivity index (χ0n) is 3.56. The van der Waals surface area contributed by atoms with Gasteiger partial charge in [0.1, 0.15) is 0 Å². The number of aliphatic carboxylic acids is 1. The van der Waals surface area contributed by atoms with Crippen LogP contribution in [0.15, 0.2) is 10.3 Å². The Balaban J connectivity index is 4.23. The second-order valence-corrected chi connectivity index (χ2v) is 1.86. The van der Waals surface area contributed by atoms with Gasteiger partial charge in [0, 0.05) is 0 Å². The Hall–Kier alpha value is -0.410. The van der Waals surface area contributed by atoms with Crippen LogP contribution >= 0.6 is 23.2 Å². The van der Waals surface area contributed by atoms with Crippen molar-refractivity contribution < 1.29 is 15.0 Å². The van der Waals surface area contributed by atoms with Crippen molar-refractivity contribution >= 4 is 29.2 Å². The third kappa shape index (κ3) is 2.04. The van der Waals surface area contributed by atoms with Gasteiger partial charge in [-0.2, -0.15) is 0 Å². The van der Waals surface area contributed by atoms with Gasteiger partial charge in [-0.25, -0.2) is 4.79 Å². The van der Waals surface area contributed by atoms with Crippen molar-refractivity contribution in [3.63, 3.8) is 0 Å². The van der Waals surface area contributed by atoms with Crippen LogP contribution in [0.3, 0.4) is 0 Å². The molecule has 3 nitrogen and oxygen atoms in total. The molecule has 0 aromatic carbocycles. The maximum Gasteiger partial charge on any atom is 0.373 e. The van der Waals surface area contributed by atoms with E-state index in [0.717, 1.165) is 0 Å². The molecule has 0 fully saturated rings. The molecule has 0 atom stereocenters. The highest BCUT2D eigenvalue weighted by molar-refractivity contribution is 6.57. The minimum atomic E-state index is -1.54. The molecular formula is C3H2Cl2O3. The van der Waals surface area contributed by atoms with E-state index in [0.29, 0.717) is 0 Å². The smallest absolute Gasteiger partial charge is 0.373 e. The fourth-order valence-electron chi connectivity index (χ4n) is 0.0808. The molecule has 5 heteroatoms. The monoisotopic (exact) mass is 156 g/mol. The molecule has 0 aromatic heterocycles. The minimum Gasteiger partial charge on any atom is -0.500 e. The van der Waals surface area contributed by atoms with Crippen molar-refractivity contribution in [1.82, 2.24) is 0 Å². The number of carboxylic acid groups (broad SMARTS) is 1. The summed E-state index contributed by atoms with van der Waals surface area (Å²) in [4.78, 5) is 9.66. The number of rotatable bonds is 1. The van der Waals surface area contributed by atoms with E-state index < -0.39 is 16.2 Å². The number of halogens is 2. The second kappa shape index (κ2) is 2.79. The summed E-state index contributed by atoms with van der Waals surface area (Å²) in [5, 5.41) is 16.1. The fourth-order valence-corrected chi connectivity index (χ4v) is 0.243. The first kappa shape index (κ1) is 7.59. The van der Waals surface area contributed by atoms with E-state index >= 15 is 0 Å². The zero-order valence-corrected chi connectivity index (χ0v) is 5.07. The topological polar surface area (TPSA) is 57.5 Å². The Labute approximate surface area is 55.1 Å². The predicted octanol–water partition coefficient (Wildman–Crippen LogP) is 1.28. The van der Waals surface area contributed by atoms with Crippen LogP contribution in [0.1, 0.15) is 0 Å². The number of aliphatic hydroxyl groups is 1. The lowest BCUT2D eigenvalue weighted by molar-refractivity contribution is -0.135. The van der Waals surface area contributed by atoms with Crippen LogP contribution < -0.4 is 0 Å². The number of carbonyl (C=O) groups is 1. The summed E-state index contributed by atoms with van der Waals surface area (Å²) < 4.78 is -0.641. The molecule has 0 radical (unpaired) electrons. The summed E-state index contributed by atoms with van der Waals surface area (Å²) in [6.07, 6.45) is 0. The Morgan fingerprint density at radius 1 is 1.25 bits per heavy atom. The minimum absolute atomic E-state index is 0.641. The van der Waals surface area contributed by atoms with E-state index in [4.69, 9.17) is 33.4 Å². The molecule has 0 aliphatic heterocycles. The second-order valence-electron chi connectivity index (χ2n) is 0.914. The van der Waals surface area contributed by atoms with Crippen molar-refractivity contribution in [2.24, 2.45) is 0 Å². The van der Waals surface area contributed by atoms with Gasteiger partial charge in [0.2, 0.25) is 5.76 Å². The van der Waals surface area contributed by atoms with Crippen LogP contribution in [0.4, 0.5) is 0 Å². The molecule has 2 N–H and O–H groups in total. The van der Waals surface area contributed by atoms with Gasteiger partial charge in [0.15, 0.2) is 4.49 Å². The highest BCUT2D eigenvalue weighted by Gasteiger charge is 2.07. The summed E-state index contributed by atoms with van der Waals surface area (Å²) in [6.45, 7) is 0. The molecule has 0 heterocycles. The van der Waals surface area contributed by atoms with Gasteiger partial charge < -0.3 is 10.2 Å². The summed E-state index contributed by atoms with van der Waals surface area (Å²) in [6, 6.07) is 0. The molecule has 0 aliphatic rings. The lowest BCUT2D eigenvalue weighted by Crippen LogP contribution is -1.98. The lowest BCUT2D eigenvalue weighted by Gasteiger charge is -1.87. The quantitative estimate of drug-likeness (QED) is 0.445. The fraction of sp³-hybridized carbons (Fsp3) is 0. The standard InChI is InChI=1S/C3H2Cl2O3/c4-2(5)1(6)3(7)8/h6H,(H,7,8). The molecule has 0 unspecified atom stereocenters. The van der Waals surface area contributed by atoms with Gasteiger partial charge in [-0.1, -0.05) is 23.2 Å². The lowest BCUT2D eigenvalue weighted by atomic mass is 10.6. The maximum atomic E-state index is 9.66. The third-order valence-corrected chi connectivity index (χ3v) is 0.740. The van der Waals surface area contributed by atoms with Crippen molar-refractivity contribution in [2.75, 3.05) is 0 Å². The summed E-state index contributed by atoms with van der Waals surface area (Å²) in [5.41, 5.74) is 0. The van der Waals surface area contributed by atoms with Crippen LogP contribution in [-0.2, 0) is 4.79 Å². The van der Waals surface area contributed by atoms with Crippen LogP contribution in [0.5, 0.6) is 0 Å². The van der Waals surface area contributed by atoms with Crippen LogP contribution in [0.2, 0.25) is 0 Å². The van der Waals surface area contributed by atoms with Gasteiger partial charge in [0.25, 0.3) is 0 Å². The van der Waals surface area contributed by atoms with E-state index in [2.05, 4.69) is 0 Å². The van der Waals surface area contributed by atoms with Gasteiger partial charge in [-0.15, -0.1) is 0 Å². The average Bonchev–Trinajstić information content (AvgIpc) is 1.64. The van der Waals surface area contributed by atoms with E-state index in [1.165, 1.54) is 0 Å². The molecule has 0 spiro atoms. The third-order valence-electron chi connectivity index (χ3n) is 0.382. The van der Waals surface area contributed by atoms with Crippen molar-refractivity contribution in [3.8, 4) is 0 Å². The van der Waals surface area contributed by atoms with Crippen LogP contribution in [0, 0.1) is 0 Å². The van der Waals surface area contributed by atoms with E-state index in [-0.39, 0.29) is 0 Å². The number of hydrogen-bond donors (Lipinski definition) is 2. The molecule has 0 aromatic rings.